The number of hydrogen-bond donors (Lipinski definition) is 2. The molecule has 0 unspecified atom stereocenters. The highest BCUT2D eigenvalue weighted by molar-refractivity contribution is 6.44. The van der Waals surface area contributed by atoms with E-state index >= 15 is 0 Å². The summed E-state index contributed by atoms with van der Waals surface area (Å²) in [5, 5.41) is 20.9. The van der Waals surface area contributed by atoms with Crippen LogP contribution in [-0.2, 0) is 9.59 Å². The fourth-order valence-electron chi connectivity index (χ4n) is 1.96. The van der Waals surface area contributed by atoms with Crippen LogP contribution in [0.15, 0.2) is 48.0 Å². The van der Waals surface area contributed by atoms with Gasteiger partial charge in [-0.1, -0.05) is 47.5 Å². The van der Waals surface area contributed by atoms with E-state index in [1.54, 1.807) is 42.5 Å². The standard InChI is InChI=1S/C18H12Cl2N2O4/c19-13-5-3-6-14(17(13)20)22-18(25)12(9-21)8-11-4-1-2-7-15(11)26-10-16(23)24/h1-8H,10H2,(H,22,25)(H,23,24)/b12-8+. The zero-order chi connectivity index (χ0) is 19.1. The maximum Gasteiger partial charge on any atom is 0.341 e. The van der Waals surface area contributed by atoms with Gasteiger partial charge in [0.1, 0.15) is 17.4 Å². The molecule has 8 heteroatoms. The predicted molar refractivity (Wildman–Crippen MR) is 98.3 cm³/mol. The van der Waals surface area contributed by atoms with Gasteiger partial charge in [0.25, 0.3) is 5.91 Å². The number of benzene rings is 2. The molecule has 2 N–H and O–H groups in total. The van der Waals surface area contributed by atoms with Crippen molar-refractivity contribution in [2.75, 3.05) is 11.9 Å². The van der Waals surface area contributed by atoms with E-state index in [-0.39, 0.29) is 27.1 Å². The van der Waals surface area contributed by atoms with E-state index < -0.39 is 18.5 Å². The highest BCUT2D eigenvalue weighted by atomic mass is 35.5. The normalized spacial score (nSPS) is 10.7. The molecule has 0 aliphatic carbocycles. The molecule has 6 nitrogen and oxygen atoms in total. The van der Waals surface area contributed by atoms with Crippen LogP contribution in [0.2, 0.25) is 10.0 Å². The Labute approximate surface area is 159 Å². The average molecular weight is 391 g/mol. The number of nitrogens with one attached hydrogen (secondary N) is 1. The molecule has 0 aliphatic rings. The van der Waals surface area contributed by atoms with Crippen LogP contribution in [0.4, 0.5) is 5.69 Å². The first-order valence-corrected chi connectivity index (χ1v) is 7.98. The van der Waals surface area contributed by atoms with E-state index in [1.807, 2.05) is 0 Å². The summed E-state index contributed by atoms with van der Waals surface area (Å²) in [7, 11) is 0. The van der Waals surface area contributed by atoms with Gasteiger partial charge in [-0.05, 0) is 24.3 Å². The molecular formula is C18H12Cl2N2O4. The molecule has 2 aromatic rings. The smallest absolute Gasteiger partial charge is 0.341 e. The van der Waals surface area contributed by atoms with Crippen LogP contribution in [-0.4, -0.2) is 23.6 Å². The molecule has 0 saturated carbocycles. The van der Waals surface area contributed by atoms with Crippen LogP contribution in [0.5, 0.6) is 5.75 Å². The van der Waals surface area contributed by atoms with Crippen LogP contribution in [0, 0.1) is 11.3 Å². The van der Waals surface area contributed by atoms with Gasteiger partial charge in [-0.3, -0.25) is 4.79 Å². The molecule has 2 rings (SSSR count). The number of carboxylic acid groups (broad SMARTS) is 1. The second-order valence-electron chi connectivity index (χ2n) is 4.95. The molecule has 26 heavy (non-hydrogen) atoms. The second kappa shape index (κ2) is 8.90. The van der Waals surface area contributed by atoms with E-state index in [0.29, 0.717) is 5.56 Å². The minimum atomic E-state index is -1.14. The Hall–Kier alpha value is -3.01. The van der Waals surface area contributed by atoms with Crippen LogP contribution < -0.4 is 10.1 Å². The fraction of sp³-hybridized carbons (Fsp3) is 0.0556. The molecule has 0 aliphatic heterocycles. The summed E-state index contributed by atoms with van der Waals surface area (Å²) < 4.78 is 5.15. The maximum absolute atomic E-state index is 12.4. The Morgan fingerprint density at radius 2 is 1.92 bits per heavy atom. The van der Waals surface area contributed by atoms with Crippen LogP contribution in [0.25, 0.3) is 6.08 Å². The number of carboxylic acids is 1. The summed E-state index contributed by atoms with van der Waals surface area (Å²) >= 11 is 11.9. The Bertz CT molecular complexity index is 920. The molecule has 0 bridgehead atoms. The summed E-state index contributed by atoms with van der Waals surface area (Å²) in [5.41, 5.74) is 0.436. The first-order valence-electron chi connectivity index (χ1n) is 7.23. The summed E-state index contributed by atoms with van der Waals surface area (Å²) in [6.07, 6.45) is 1.30. The minimum absolute atomic E-state index is 0.157. The zero-order valence-corrected chi connectivity index (χ0v) is 14.7. The van der Waals surface area contributed by atoms with Gasteiger partial charge in [0.2, 0.25) is 0 Å². The van der Waals surface area contributed by atoms with E-state index in [2.05, 4.69) is 5.32 Å². The SMILES string of the molecule is N#C/C(=C\c1ccccc1OCC(=O)O)C(=O)Nc1cccc(Cl)c1Cl. The van der Waals surface area contributed by atoms with Crippen LogP contribution >= 0.6 is 23.2 Å². The van der Waals surface area contributed by atoms with E-state index in [4.69, 9.17) is 33.0 Å². The molecular weight excluding hydrogens is 379 g/mol. The number of hydrogen-bond acceptors (Lipinski definition) is 4. The van der Waals surface area contributed by atoms with Crippen LogP contribution in [0.3, 0.4) is 0 Å². The first-order chi connectivity index (χ1) is 12.4. The lowest BCUT2D eigenvalue weighted by molar-refractivity contribution is -0.139. The van der Waals surface area contributed by atoms with Crippen molar-refractivity contribution in [3.63, 3.8) is 0 Å². The predicted octanol–water partition coefficient (Wildman–Crippen LogP) is 4.00. The Kier molecular flexibility index (Phi) is 6.61. The molecule has 0 fully saturated rings. The van der Waals surface area contributed by atoms with Gasteiger partial charge < -0.3 is 15.2 Å². The number of rotatable bonds is 6. The summed E-state index contributed by atoms with van der Waals surface area (Å²) in [6.45, 7) is -0.545. The monoisotopic (exact) mass is 390 g/mol. The van der Waals surface area contributed by atoms with Crippen molar-refractivity contribution in [2.45, 2.75) is 0 Å². The summed E-state index contributed by atoms with van der Waals surface area (Å²) in [6, 6.07) is 13.0. The number of amides is 1. The summed E-state index contributed by atoms with van der Waals surface area (Å²) in [4.78, 5) is 23.0. The lowest BCUT2D eigenvalue weighted by Crippen LogP contribution is -2.14. The maximum atomic E-state index is 12.4. The molecule has 132 valence electrons. The van der Waals surface area contributed by atoms with Gasteiger partial charge in [0, 0.05) is 5.56 Å². The second-order valence-corrected chi connectivity index (χ2v) is 5.73. The minimum Gasteiger partial charge on any atom is -0.481 e. The lowest BCUT2D eigenvalue weighted by Gasteiger charge is -2.09. The summed E-state index contributed by atoms with van der Waals surface area (Å²) in [5.74, 6) is -1.60. The molecule has 1 amide bonds. The molecule has 2 aromatic carbocycles. The zero-order valence-electron chi connectivity index (χ0n) is 13.2. The quantitative estimate of drug-likeness (QED) is 0.573. The van der Waals surface area contributed by atoms with Crippen molar-refractivity contribution in [1.29, 1.82) is 5.26 Å². The van der Waals surface area contributed by atoms with Crippen molar-refractivity contribution in [3.8, 4) is 11.8 Å². The number of para-hydroxylation sites is 1. The molecule has 0 radical (unpaired) electrons. The van der Waals surface area contributed by atoms with E-state index in [1.165, 1.54) is 12.1 Å². The average Bonchev–Trinajstić information content (AvgIpc) is 2.62. The molecule has 0 spiro atoms. The number of anilines is 1. The molecule has 0 heterocycles. The first kappa shape index (κ1) is 19.3. The van der Waals surface area contributed by atoms with Gasteiger partial charge in [0.05, 0.1) is 15.7 Å². The van der Waals surface area contributed by atoms with Crippen molar-refractivity contribution < 1.29 is 19.4 Å². The fourth-order valence-corrected chi connectivity index (χ4v) is 2.31. The van der Waals surface area contributed by atoms with Crippen LogP contribution in [0.1, 0.15) is 5.56 Å². The van der Waals surface area contributed by atoms with Crippen molar-refractivity contribution in [2.24, 2.45) is 0 Å². The number of aliphatic carboxylic acids is 1. The molecule has 0 aromatic heterocycles. The van der Waals surface area contributed by atoms with E-state index in [0.717, 1.165) is 0 Å². The lowest BCUT2D eigenvalue weighted by atomic mass is 10.1. The van der Waals surface area contributed by atoms with Gasteiger partial charge in [-0.25, -0.2) is 4.79 Å². The topological polar surface area (TPSA) is 99.4 Å². The number of ether oxygens (including phenoxy) is 1. The number of halogens is 2. The number of nitrogens with zero attached hydrogens (tertiary/aromatic N) is 1. The van der Waals surface area contributed by atoms with Gasteiger partial charge in [-0.15, -0.1) is 0 Å². The molecule has 0 atom stereocenters. The van der Waals surface area contributed by atoms with Crippen molar-refractivity contribution in [3.05, 3.63) is 63.6 Å². The Morgan fingerprint density at radius 1 is 1.19 bits per heavy atom. The van der Waals surface area contributed by atoms with Gasteiger partial charge >= 0.3 is 5.97 Å². The van der Waals surface area contributed by atoms with Crippen molar-refractivity contribution in [1.82, 2.24) is 0 Å². The Balaban J connectivity index is 2.28. The largest absolute Gasteiger partial charge is 0.481 e. The van der Waals surface area contributed by atoms with Gasteiger partial charge in [-0.2, -0.15) is 5.26 Å². The molecule has 0 saturated heterocycles. The highest BCUT2D eigenvalue weighted by Gasteiger charge is 2.14. The van der Waals surface area contributed by atoms with E-state index in [9.17, 15) is 14.9 Å². The highest BCUT2D eigenvalue weighted by Crippen LogP contribution is 2.30. The third kappa shape index (κ3) is 4.99. The van der Waals surface area contributed by atoms with Crippen molar-refractivity contribution >= 4 is 46.8 Å². The third-order valence-electron chi connectivity index (χ3n) is 3.13. The number of carbonyl (C=O) groups excluding carboxylic acids is 1. The number of carbonyl (C=O) groups is 2. The number of nitriles is 1. The van der Waals surface area contributed by atoms with Gasteiger partial charge in [0.15, 0.2) is 6.61 Å². The Morgan fingerprint density at radius 3 is 2.62 bits per heavy atom. The third-order valence-corrected chi connectivity index (χ3v) is 3.95.